The molecule has 1 N–H and O–H groups in total. The summed E-state index contributed by atoms with van der Waals surface area (Å²) in [6.07, 6.45) is -2.68. The maximum atomic E-state index is 12.6. The minimum atomic E-state index is -4.71. The quantitative estimate of drug-likeness (QED) is 0.924. The summed E-state index contributed by atoms with van der Waals surface area (Å²) in [6, 6.07) is 0. The molecule has 0 aliphatic carbocycles. The highest BCUT2D eigenvalue weighted by atomic mass is 32.1. The van der Waals surface area contributed by atoms with Crippen LogP contribution < -0.4 is 0 Å². The first-order chi connectivity index (χ1) is 8.38. The Morgan fingerprint density at radius 1 is 1.39 bits per heavy atom. The average molecular weight is 280 g/mol. The van der Waals surface area contributed by atoms with E-state index in [4.69, 9.17) is 5.11 Å². The number of nitrogens with zero attached hydrogens (tertiary/aromatic N) is 2. The summed E-state index contributed by atoms with van der Waals surface area (Å²) < 4.78 is 37.8. The highest BCUT2D eigenvalue weighted by Crippen LogP contribution is 2.34. The minimum Gasteiger partial charge on any atom is -0.477 e. The van der Waals surface area contributed by atoms with Crippen LogP contribution in [0.4, 0.5) is 13.2 Å². The molecule has 0 saturated carbocycles. The molecule has 0 aromatic carbocycles. The fourth-order valence-corrected chi connectivity index (χ4v) is 2.87. The minimum absolute atomic E-state index is 0.210. The van der Waals surface area contributed by atoms with Gasteiger partial charge in [-0.25, -0.2) is 9.78 Å². The molecular weight excluding hydrogens is 269 g/mol. The van der Waals surface area contributed by atoms with Crippen molar-refractivity contribution in [2.45, 2.75) is 25.6 Å². The number of alkyl halides is 3. The second-order valence-corrected chi connectivity index (χ2v) is 5.16. The Hall–Kier alpha value is -1.15. The molecule has 0 bridgehead atoms. The van der Waals surface area contributed by atoms with Crippen molar-refractivity contribution in [3.63, 3.8) is 0 Å². The summed E-state index contributed by atoms with van der Waals surface area (Å²) in [6.45, 7) is 1.94. The number of aromatic nitrogens is 1. The number of likely N-dealkylation sites (tertiary alicyclic amines) is 1. The Morgan fingerprint density at radius 3 is 2.44 bits per heavy atom. The third-order valence-corrected chi connectivity index (χ3v) is 3.72. The van der Waals surface area contributed by atoms with Crippen LogP contribution in [0.25, 0.3) is 0 Å². The zero-order chi connectivity index (χ0) is 13.3. The average Bonchev–Trinajstić information content (AvgIpc) is 2.85. The SMILES string of the molecule is O=C(O)c1sc(CN2CCCC2)nc1C(F)(F)F. The van der Waals surface area contributed by atoms with Gasteiger partial charge in [0, 0.05) is 0 Å². The van der Waals surface area contributed by atoms with Gasteiger partial charge in [-0.15, -0.1) is 11.3 Å². The lowest BCUT2D eigenvalue weighted by atomic mass is 10.3. The normalized spacial score (nSPS) is 17.3. The summed E-state index contributed by atoms with van der Waals surface area (Å²) in [5, 5.41) is 8.97. The molecule has 1 fully saturated rings. The number of rotatable bonds is 3. The number of carboxylic acids is 1. The van der Waals surface area contributed by atoms with Crippen molar-refractivity contribution in [2.75, 3.05) is 13.1 Å². The van der Waals surface area contributed by atoms with Crippen LogP contribution >= 0.6 is 11.3 Å². The van der Waals surface area contributed by atoms with Gasteiger partial charge in [0.05, 0.1) is 6.54 Å². The predicted molar refractivity (Wildman–Crippen MR) is 58.6 cm³/mol. The molecule has 1 aliphatic rings. The highest BCUT2D eigenvalue weighted by molar-refractivity contribution is 7.13. The standard InChI is InChI=1S/C10H11F3N2O2S/c11-10(12,13)8-7(9(16)17)18-6(14-8)5-15-3-1-2-4-15/h1-5H2,(H,16,17). The predicted octanol–water partition coefficient (Wildman–Crippen LogP) is 2.46. The zero-order valence-corrected chi connectivity index (χ0v) is 10.1. The molecule has 0 unspecified atom stereocenters. The van der Waals surface area contributed by atoms with Crippen LogP contribution in [0.3, 0.4) is 0 Å². The fourth-order valence-electron chi connectivity index (χ4n) is 1.90. The number of hydrogen-bond acceptors (Lipinski definition) is 4. The number of carbonyl (C=O) groups is 1. The molecule has 2 rings (SSSR count). The van der Waals surface area contributed by atoms with E-state index in [9.17, 15) is 18.0 Å². The summed E-state index contributed by atoms with van der Waals surface area (Å²) in [5.41, 5.74) is -1.28. The summed E-state index contributed by atoms with van der Waals surface area (Å²) in [5.74, 6) is -1.58. The van der Waals surface area contributed by atoms with Crippen molar-refractivity contribution >= 4 is 17.3 Å². The lowest BCUT2D eigenvalue weighted by Crippen LogP contribution is -2.18. The van der Waals surface area contributed by atoms with E-state index in [2.05, 4.69) is 4.98 Å². The molecule has 1 aromatic rings. The smallest absolute Gasteiger partial charge is 0.435 e. The molecule has 0 atom stereocenters. The first kappa shape index (κ1) is 13.3. The van der Waals surface area contributed by atoms with E-state index in [0.29, 0.717) is 17.9 Å². The van der Waals surface area contributed by atoms with Gasteiger partial charge in [0.25, 0.3) is 0 Å². The summed E-state index contributed by atoms with van der Waals surface area (Å²) >= 11 is 0.609. The number of halogens is 3. The summed E-state index contributed by atoms with van der Waals surface area (Å²) in [7, 11) is 0. The zero-order valence-electron chi connectivity index (χ0n) is 9.33. The molecule has 1 aliphatic heterocycles. The second-order valence-electron chi connectivity index (χ2n) is 4.07. The van der Waals surface area contributed by atoms with Gasteiger partial charge in [0.15, 0.2) is 5.69 Å². The molecule has 4 nitrogen and oxygen atoms in total. The lowest BCUT2D eigenvalue weighted by molar-refractivity contribution is -0.141. The van der Waals surface area contributed by atoms with Crippen LogP contribution in [0.2, 0.25) is 0 Å². The van der Waals surface area contributed by atoms with Gasteiger partial charge in [0.1, 0.15) is 9.88 Å². The molecule has 1 saturated heterocycles. The monoisotopic (exact) mass is 280 g/mol. The van der Waals surface area contributed by atoms with Gasteiger partial charge in [-0.3, -0.25) is 4.90 Å². The van der Waals surface area contributed by atoms with Crippen LogP contribution in [0.5, 0.6) is 0 Å². The van der Waals surface area contributed by atoms with Crippen molar-refractivity contribution in [3.05, 3.63) is 15.6 Å². The van der Waals surface area contributed by atoms with Crippen molar-refractivity contribution in [1.82, 2.24) is 9.88 Å². The van der Waals surface area contributed by atoms with Crippen molar-refractivity contribution in [3.8, 4) is 0 Å². The third kappa shape index (κ3) is 2.81. The van der Waals surface area contributed by atoms with E-state index in [1.54, 1.807) is 0 Å². The van der Waals surface area contributed by atoms with E-state index >= 15 is 0 Å². The van der Waals surface area contributed by atoms with Crippen LogP contribution in [0.15, 0.2) is 0 Å². The number of carboxylic acid groups (broad SMARTS) is 1. The molecule has 2 heterocycles. The van der Waals surface area contributed by atoms with Gasteiger partial charge in [-0.2, -0.15) is 13.2 Å². The van der Waals surface area contributed by atoms with Crippen molar-refractivity contribution in [2.24, 2.45) is 0 Å². The van der Waals surface area contributed by atoms with Crippen molar-refractivity contribution in [1.29, 1.82) is 0 Å². The van der Waals surface area contributed by atoms with Crippen molar-refractivity contribution < 1.29 is 23.1 Å². The summed E-state index contributed by atoms with van der Waals surface area (Å²) in [4.78, 5) is 15.5. The maximum absolute atomic E-state index is 12.6. The Kier molecular flexibility index (Phi) is 3.58. The molecule has 18 heavy (non-hydrogen) atoms. The van der Waals surface area contributed by atoms with E-state index in [1.807, 2.05) is 4.90 Å². The van der Waals surface area contributed by atoms with Crippen LogP contribution in [0, 0.1) is 0 Å². The van der Waals surface area contributed by atoms with E-state index in [0.717, 1.165) is 25.9 Å². The molecule has 1 aromatic heterocycles. The first-order valence-corrected chi connectivity index (χ1v) is 6.22. The Labute approximate surface area is 105 Å². The largest absolute Gasteiger partial charge is 0.477 e. The number of thiazole rings is 1. The van der Waals surface area contributed by atoms with Gasteiger partial charge >= 0.3 is 12.1 Å². The van der Waals surface area contributed by atoms with Gasteiger partial charge in [-0.1, -0.05) is 0 Å². The molecular formula is C10H11F3N2O2S. The van der Waals surface area contributed by atoms with E-state index < -0.39 is 22.7 Å². The Morgan fingerprint density at radius 2 is 2.00 bits per heavy atom. The van der Waals surface area contributed by atoms with Crippen LogP contribution in [-0.2, 0) is 12.7 Å². The number of hydrogen-bond donors (Lipinski definition) is 1. The fraction of sp³-hybridized carbons (Fsp3) is 0.600. The van der Waals surface area contributed by atoms with Crippen LogP contribution in [-0.4, -0.2) is 34.0 Å². The van der Waals surface area contributed by atoms with Gasteiger partial charge in [-0.05, 0) is 25.9 Å². The highest BCUT2D eigenvalue weighted by Gasteiger charge is 2.39. The van der Waals surface area contributed by atoms with E-state index in [1.165, 1.54) is 0 Å². The molecule has 0 radical (unpaired) electrons. The van der Waals surface area contributed by atoms with Crippen LogP contribution in [0.1, 0.15) is 33.2 Å². The van der Waals surface area contributed by atoms with Gasteiger partial charge < -0.3 is 5.11 Å². The lowest BCUT2D eigenvalue weighted by Gasteiger charge is -2.11. The topological polar surface area (TPSA) is 53.4 Å². The van der Waals surface area contributed by atoms with Gasteiger partial charge in [0.2, 0.25) is 0 Å². The molecule has 100 valence electrons. The Balaban J connectivity index is 2.24. The number of aromatic carboxylic acids is 1. The maximum Gasteiger partial charge on any atom is 0.435 e. The first-order valence-electron chi connectivity index (χ1n) is 5.40. The third-order valence-electron chi connectivity index (χ3n) is 2.69. The molecule has 8 heteroatoms. The molecule has 0 amide bonds. The second kappa shape index (κ2) is 4.85. The van der Waals surface area contributed by atoms with E-state index in [-0.39, 0.29) is 5.01 Å². The molecule has 0 spiro atoms. The Bertz CT molecular complexity index is 452.